The van der Waals surface area contributed by atoms with Gasteiger partial charge in [-0.25, -0.2) is 0 Å². The SMILES string of the molecule is CC(C)(C)C1=CC23C=C(C(C)(C)C)C4C(=O)C1C42CCCC3. The van der Waals surface area contributed by atoms with E-state index in [4.69, 9.17) is 0 Å². The molecule has 22 heavy (non-hydrogen) atoms. The number of allylic oxidation sites excluding steroid dienone is 4. The zero-order chi connectivity index (χ0) is 16.1. The summed E-state index contributed by atoms with van der Waals surface area (Å²) in [6, 6.07) is 0. The van der Waals surface area contributed by atoms with E-state index in [1.54, 1.807) is 0 Å². The van der Waals surface area contributed by atoms with Crippen LogP contribution in [0.25, 0.3) is 0 Å². The number of carbonyl (C=O) groups excluding carboxylic acids is 1. The highest BCUT2D eigenvalue weighted by Gasteiger charge is 2.78. The summed E-state index contributed by atoms with van der Waals surface area (Å²) in [5, 5.41) is 0. The molecular weight excluding hydrogens is 268 g/mol. The van der Waals surface area contributed by atoms with Crippen LogP contribution in [0, 0.1) is 33.5 Å². The maximum atomic E-state index is 13.2. The summed E-state index contributed by atoms with van der Waals surface area (Å²) in [6.07, 6.45) is 10.3. The van der Waals surface area contributed by atoms with Crippen molar-refractivity contribution in [2.75, 3.05) is 0 Å². The molecule has 0 bridgehead atoms. The van der Waals surface area contributed by atoms with E-state index in [-0.39, 0.29) is 33.5 Å². The fourth-order valence-electron chi connectivity index (χ4n) is 6.21. The van der Waals surface area contributed by atoms with Crippen LogP contribution in [-0.2, 0) is 4.79 Å². The maximum absolute atomic E-state index is 13.2. The van der Waals surface area contributed by atoms with Crippen LogP contribution in [0.5, 0.6) is 0 Å². The Bertz CT molecular complexity index is 575. The Kier molecular flexibility index (Phi) is 2.54. The predicted molar refractivity (Wildman–Crippen MR) is 90.4 cm³/mol. The van der Waals surface area contributed by atoms with Crippen LogP contribution in [0.2, 0.25) is 0 Å². The first-order valence-electron chi connectivity index (χ1n) is 9.05. The first-order chi connectivity index (χ1) is 10.0. The van der Waals surface area contributed by atoms with Gasteiger partial charge in [-0.1, -0.05) is 77.7 Å². The van der Waals surface area contributed by atoms with Gasteiger partial charge in [-0.15, -0.1) is 0 Å². The van der Waals surface area contributed by atoms with Crippen LogP contribution in [0.3, 0.4) is 0 Å². The van der Waals surface area contributed by atoms with Crippen molar-refractivity contribution in [1.29, 1.82) is 0 Å². The van der Waals surface area contributed by atoms with Crippen LogP contribution in [0.4, 0.5) is 0 Å². The standard InChI is InChI=1S/C21H30O/c1-18(2,3)13-11-20-9-7-8-10-21(20)15(13)17(22)16(21)14(12-20)19(4,5)6/h11-12,15-16H,7-10H2,1-6H3. The molecule has 0 saturated heterocycles. The summed E-state index contributed by atoms with van der Waals surface area (Å²) >= 11 is 0. The Labute approximate surface area is 135 Å². The monoisotopic (exact) mass is 298 g/mol. The van der Waals surface area contributed by atoms with E-state index < -0.39 is 0 Å². The van der Waals surface area contributed by atoms with Gasteiger partial charge in [0.05, 0.1) is 0 Å². The zero-order valence-electron chi connectivity index (χ0n) is 15.0. The van der Waals surface area contributed by atoms with Crippen molar-refractivity contribution in [1.82, 2.24) is 0 Å². The van der Waals surface area contributed by atoms with Gasteiger partial charge in [0.25, 0.3) is 0 Å². The molecule has 1 spiro atoms. The molecular formula is C21H30O. The molecule has 0 N–H and O–H groups in total. The Morgan fingerprint density at radius 2 is 1.32 bits per heavy atom. The summed E-state index contributed by atoms with van der Waals surface area (Å²) in [6.45, 7) is 13.7. The molecule has 4 aliphatic carbocycles. The number of rotatable bonds is 0. The summed E-state index contributed by atoms with van der Waals surface area (Å²) < 4.78 is 0. The molecule has 0 aromatic rings. The van der Waals surface area contributed by atoms with Gasteiger partial charge in [0.2, 0.25) is 0 Å². The second-order valence-electron chi connectivity index (χ2n) is 10.3. The number of carbonyl (C=O) groups is 1. The highest BCUT2D eigenvalue weighted by molar-refractivity contribution is 6.00. The number of hydrogen-bond acceptors (Lipinski definition) is 1. The van der Waals surface area contributed by atoms with Crippen molar-refractivity contribution >= 4 is 5.78 Å². The van der Waals surface area contributed by atoms with Crippen molar-refractivity contribution in [3.63, 3.8) is 0 Å². The largest absolute Gasteiger partial charge is 0.298 e. The average molecular weight is 298 g/mol. The number of hydrogen-bond donors (Lipinski definition) is 0. The van der Waals surface area contributed by atoms with Crippen LogP contribution in [-0.4, -0.2) is 5.78 Å². The highest BCUT2D eigenvalue weighted by Crippen LogP contribution is 2.79. The molecule has 4 rings (SSSR count). The van der Waals surface area contributed by atoms with Gasteiger partial charge in [-0.05, 0) is 23.7 Å². The first kappa shape index (κ1) is 14.7. The summed E-state index contributed by atoms with van der Waals surface area (Å²) in [7, 11) is 0. The lowest BCUT2D eigenvalue weighted by Crippen LogP contribution is -2.61. The molecule has 0 aliphatic heterocycles. The van der Waals surface area contributed by atoms with E-state index in [0.29, 0.717) is 5.78 Å². The lowest BCUT2D eigenvalue weighted by Gasteiger charge is -2.59. The molecule has 0 amide bonds. The second kappa shape index (κ2) is 3.79. The molecule has 1 heteroatoms. The molecule has 120 valence electrons. The third-order valence-corrected chi connectivity index (χ3v) is 7.08. The fourth-order valence-corrected chi connectivity index (χ4v) is 6.21. The molecule has 2 fully saturated rings. The maximum Gasteiger partial charge on any atom is 0.148 e. The van der Waals surface area contributed by atoms with Crippen molar-refractivity contribution in [2.24, 2.45) is 33.5 Å². The van der Waals surface area contributed by atoms with Crippen LogP contribution >= 0.6 is 0 Å². The third-order valence-electron chi connectivity index (χ3n) is 7.08. The van der Waals surface area contributed by atoms with Crippen LogP contribution in [0.1, 0.15) is 67.2 Å². The van der Waals surface area contributed by atoms with Gasteiger partial charge in [0, 0.05) is 22.7 Å². The first-order valence-corrected chi connectivity index (χ1v) is 9.05. The molecule has 2 atom stereocenters. The minimum atomic E-state index is 0.121. The van der Waals surface area contributed by atoms with Gasteiger partial charge in [0.15, 0.2) is 0 Å². The van der Waals surface area contributed by atoms with Crippen molar-refractivity contribution in [3.8, 4) is 0 Å². The van der Waals surface area contributed by atoms with Gasteiger partial charge in [-0.2, -0.15) is 0 Å². The summed E-state index contributed by atoms with van der Waals surface area (Å²) in [5.41, 5.74) is 3.55. The molecule has 2 unspecified atom stereocenters. The molecule has 1 nitrogen and oxygen atoms in total. The van der Waals surface area contributed by atoms with E-state index in [2.05, 4.69) is 53.7 Å². The number of ketones is 1. The molecule has 0 heterocycles. The summed E-state index contributed by atoms with van der Waals surface area (Å²) in [5.74, 6) is 0.964. The minimum absolute atomic E-state index is 0.121. The van der Waals surface area contributed by atoms with Gasteiger partial charge in [0.1, 0.15) is 5.78 Å². The van der Waals surface area contributed by atoms with Crippen molar-refractivity contribution < 1.29 is 4.79 Å². The van der Waals surface area contributed by atoms with Gasteiger partial charge < -0.3 is 0 Å². The third kappa shape index (κ3) is 1.40. The van der Waals surface area contributed by atoms with Gasteiger partial charge in [-0.3, -0.25) is 4.79 Å². The number of Topliss-reactive ketones (excluding diaryl/α,β-unsaturated/α-hetero) is 1. The van der Waals surface area contributed by atoms with E-state index in [0.717, 1.165) is 0 Å². The quantitative estimate of drug-likeness (QED) is 0.553. The Morgan fingerprint density at radius 1 is 0.864 bits per heavy atom. The van der Waals surface area contributed by atoms with E-state index >= 15 is 0 Å². The Balaban J connectivity index is 1.95. The van der Waals surface area contributed by atoms with Crippen molar-refractivity contribution in [3.05, 3.63) is 23.3 Å². The average Bonchev–Trinajstić information content (AvgIpc) is 2.77. The Hall–Kier alpha value is -0.850. The lowest BCUT2D eigenvalue weighted by molar-refractivity contribution is -0.159. The lowest BCUT2D eigenvalue weighted by atomic mass is 9.41. The van der Waals surface area contributed by atoms with Gasteiger partial charge >= 0.3 is 0 Å². The van der Waals surface area contributed by atoms with E-state index in [9.17, 15) is 4.79 Å². The smallest absolute Gasteiger partial charge is 0.148 e. The summed E-state index contributed by atoms with van der Waals surface area (Å²) in [4.78, 5) is 13.2. The topological polar surface area (TPSA) is 17.1 Å². The van der Waals surface area contributed by atoms with E-state index in [1.165, 1.54) is 36.8 Å². The normalized spacial score (nSPS) is 43.3. The molecule has 0 aromatic heterocycles. The Morgan fingerprint density at radius 3 is 1.77 bits per heavy atom. The predicted octanol–water partition coefficient (Wildman–Crippen LogP) is 5.32. The van der Waals surface area contributed by atoms with E-state index in [1.807, 2.05) is 0 Å². The van der Waals surface area contributed by atoms with Crippen molar-refractivity contribution in [2.45, 2.75) is 67.2 Å². The van der Waals surface area contributed by atoms with Crippen LogP contribution < -0.4 is 0 Å². The minimum Gasteiger partial charge on any atom is -0.298 e. The molecule has 0 aromatic carbocycles. The fraction of sp³-hybridized carbons (Fsp3) is 0.762. The van der Waals surface area contributed by atoms with Crippen LogP contribution in [0.15, 0.2) is 23.3 Å². The zero-order valence-corrected chi connectivity index (χ0v) is 15.0. The highest BCUT2D eigenvalue weighted by atomic mass is 16.1. The molecule has 0 radical (unpaired) electrons. The molecule has 2 saturated carbocycles. The molecule has 4 aliphatic rings. The second-order valence-corrected chi connectivity index (χ2v) is 10.3.